The van der Waals surface area contributed by atoms with Crippen molar-refractivity contribution in [1.29, 1.82) is 0 Å². The first-order valence-electron chi connectivity index (χ1n) is 10.5. The van der Waals surface area contributed by atoms with Crippen LogP contribution in [0.2, 0.25) is 0 Å². The maximum absolute atomic E-state index is 11.9. The molecular weight excluding hydrogens is 488 g/mol. The van der Waals surface area contributed by atoms with Gasteiger partial charge in [0.2, 0.25) is 0 Å². The fourth-order valence-corrected chi connectivity index (χ4v) is 3.63. The van der Waals surface area contributed by atoms with Gasteiger partial charge in [-0.2, -0.15) is 0 Å². The van der Waals surface area contributed by atoms with Crippen LogP contribution in [-0.2, 0) is 0 Å². The second kappa shape index (κ2) is 11.9. The molecule has 10 heteroatoms. The molecule has 0 aliphatic heterocycles. The molecule has 1 unspecified atom stereocenters. The molecule has 0 saturated carbocycles. The molecule has 0 radical (unpaired) electrons. The molecule has 0 fully saturated rings. The third-order valence-electron chi connectivity index (χ3n) is 4.79. The van der Waals surface area contributed by atoms with Crippen LogP contribution < -0.4 is 31.5 Å². The summed E-state index contributed by atoms with van der Waals surface area (Å²) < 4.78 is 6.23. The van der Waals surface area contributed by atoms with Crippen LogP contribution in [-0.4, -0.2) is 36.7 Å². The second-order valence-corrected chi connectivity index (χ2v) is 8.32. The molecule has 1 heterocycles. The highest BCUT2D eigenvalue weighted by Crippen LogP contribution is 2.28. The number of nitrogens with one attached hydrogen (secondary N) is 5. The number of amides is 4. The molecule has 2 aromatic carbocycles. The molecule has 0 aliphatic rings. The van der Waals surface area contributed by atoms with E-state index in [0.29, 0.717) is 12.2 Å². The summed E-state index contributed by atoms with van der Waals surface area (Å²) in [5.41, 5.74) is 7.01. The summed E-state index contributed by atoms with van der Waals surface area (Å²) in [4.78, 5) is 28.2. The zero-order chi connectivity index (χ0) is 23.6. The zero-order valence-electron chi connectivity index (χ0n) is 18.4. The molecule has 0 saturated heterocycles. The molecule has 0 spiro atoms. The molecule has 9 nitrogen and oxygen atoms in total. The predicted octanol–water partition coefficient (Wildman–Crippen LogP) is 4.62. The van der Waals surface area contributed by atoms with E-state index in [0.717, 1.165) is 39.7 Å². The molecule has 174 valence electrons. The van der Waals surface area contributed by atoms with Crippen molar-refractivity contribution < 1.29 is 14.3 Å². The summed E-state index contributed by atoms with van der Waals surface area (Å²) in [7, 11) is 1.64. The number of carbonyl (C=O) groups is 2. The van der Waals surface area contributed by atoms with Gasteiger partial charge in [-0.3, -0.25) is 4.98 Å². The average molecular weight is 515 g/mol. The Morgan fingerprint density at radius 1 is 1.09 bits per heavy atom. The Hall–Kier alpha value is -3.53. The lowest BCUT2D eigenvalue weighted by Gasteiger charge is -2.17. The Kier molecular flexibility index (Phi) is 8.71. The van der Waals surface area contributed by atoms with Gasteiger partial charge in [-0.1, -0.05) is 28.1 Å². The third kappa shape index (κ3) is 7.53. The Labute approximate surface area is 200 Å². The number of aromatic nitrogens is 1. The highest BCUT2D eigenvalue weighted by atomic mass is 79.9. The maximum atomic E-state index is 11.9. The van der Waals surface area contributed by atoms with Crippen molar-refractivity contribution in [2.75, 3.05) is 24.3 Å². The SMILES string of the molecule is COc1cc(NC(C)CCCNC(=O)NNC(=O)Nc2cccc(Br)c2)c2ncccc2c1. The van der Waals surface area contributed by atoms with Gasteiger partial charge in [-0.15, -0.1) is 0 Å². The number of hydrogen-bond acceptors (Lipinski definition) is 5. The quantitative estimate of drug-likeness (QED) is 0.222. The van der Waals surface area contributed by atoms with E-state index >= 15 is 0 Å². The summed E-state index contributed by atoms with van der Waals surface area (Å²) in [6, 6.07) is 14.0. The number of methoxy groups -OCH3 is 1. The Morgan fingerprint density at radius 3 is 2.70 bits per heavy atom. The number of hydrazine groups is 1. The van der Waals surface area contributed by atoms with Crippen molar-refractivity contribution in [2.45, 2.75) is 25.8 Å². The first-order valence-corrected chi connectivity index (χ1v) is 11.3. The molecule has 33 heavy (non-hydrogen) atoms. The Morgan fingerprint density at radius 2 is 1.91 bits per heavy atom. The molecule has 3 rings (SSSR count). The largest absolute Gasteiger partial charge is 0.497 e. The number of benzene rings is 2. The average Bonchev–Trinajstić information content (AvgIpc) is 2.80. The molecule has 3 aromatic rings. The Bertz CT molecular complexity index is 1110. The van der Waals surface area contributed by atoms with Crippen LogP contribution in [0.1, 0.15) is 19.8 Å². The van der Waals surface area contributed by atoms with Gasteiger partial charge in [0, 0.05) is 40.4 Å². The number of urea groups is 2. The standard InChI is InChI=1S/C23H27BrN6O3/c1-15(27-20-14-19(33-2)12-16-7-5-10-25-21(16)20)6-4-11-26-22(31)29-30-23(32)28-18-9-3-8-17(24)13-18/h3,5,7-10,12-15,27H,4,6,11H2,1-2H3,(H2,26,29,31)(H2,28,30,32). The van der Waals surface area contributed by atoms with Crippen molar-refractivity contribution in [1.82, 2.24) is 21.2 Å². The summed E-state index contributed by atoms with van der Waals surface area (Å²) in [5.74, 6) is 0.764. The second-order valence-electron chi connectivity index (χ2n) is 7.41. The summed E-state index contributed by atoms with van der Waals surface area (Å²) in [6.45, 7) is 2.53. The molecule has 4 amide bonds. The summed E-state index contributed by atoms with van der Waals surface area (Å²) in [6.07, 6.45) is 3.34. The number of ether oxygens (including phenoxy) is 1. The normalized spacial score (nSPS) is 11.4. The highest BCUT2D eigenvalue weighted by Gasteiger charge is 2.10. The zero-order valence-corrected chi connectivity index (χ0v) is 20.0. The van der Waals surface area contributed by atoms with Gasteiger partial charge in [0.25, 0.3) is 0 Å². The van der Waals surface area contributed by atoms with Crippen molar-refractivity contribution in [3.63, 3.8) is 0 Å². The maximum Gasteiger partial charge on any atom is 0.337 e. The molecular formula is C23H27BrN6O3. The third-order valence-corrected chi connectivity index (χ3v) is 5.28. The van der Waals surface area contributed by atoms with Gasteiger partial charge in [-0.25, -0.2) is 20.4 Å². The number of nitrogens with zero attached hydrogens (tertiary/aromatic N) is 1. The first kappa shape index (κ1) is 24.1. The fraction of sp³-hybridized carbons (Fsp3) is 0.261. The lowest BCUT2D eigenvalue weighted by atomic mass is 10.1. The van der Waals surface area contributed by atoms with Crippen LogP contribution in [0.15, 0.2) is 59.2 Å². The molecule has 0 aliphatic carbocycles. The molecule has 1 atom stereocenters. The van der Waals surface area contributed by atoms with Crippen LogP contribution in [0.25, 0.3) is 10.9 Å². The van der Waals surface area contributed by atoms with Crippen LogP contribution in [0.4, 0.5) is 21.0 Å². The minimum absolute atomic E-state index is 0.154. The first-order chi connectivity index (χ1) is 15.9. The smallest absolute Gasteiger partial charge is 0.337 e. The van der Waals surface area contributed by atoms with E-state index in [1.807, 2.05) is 30.3 Å². The lowest BCUT2D eigenvalue weighted by molar-refractivity contribution is 0.229. The number of carbonyl (C=O) groups excluding carboxylic acids is 2. The van der Waals surface area contributed by atoms with Gasteiger partial charge < -0.3 is 20.7 Å². The van der Waals surface area contributed by atoms with Gasteiger partial charge in [0.05, 0.1) is 18.3 Å². The van der Waals surface area contributed by atoms with Gasteiger partial charge in [0.15, 0.2) is 0 Å². The number of fused-ring (bicyclic) bond motifs is 1. The van der Waals surface area contributed by atoms with Crippen molar-refractivity contribution in [2.24, 2.45) is 0 Å². The number of halogens is 1. The number of rotatable bonds is 8. The van der Waals surface area contributed by atoms with Gasteiger partial charge in [0.1, 0.15) is 5.75 Å². The topological polar surface area (TPSA) is 116 Å². The van der Waals surface area contributed by atoms with E-state index in [-0.39, 0.29) is 6.04 Å². The van der Waals surface area contributed by atoms with Gasteiger partial charge >= 0.3 is 12.1 Å². The van der Waals surface area contributed by atoms with Crippen molar-refractivity contribution >= 4 is 50.3 Å². The van der Waals surface area contributed by atoms with E-state index in [2.05, 4.69) is 54.6 Å². The summed E-state index contributed by atoms with van der Waals surface area (Å²) >= 11 is 3.33. The molecule has 0 bridgehead atoms. The lowest BCUT2D eigenvalue weighted by Crippen LogP contribution is -2.48. The van der Waals surface area contributed by atoms with Crippen LogP contribution in [0.3, 0.4) is 0 Å². The monoisotopic (exact) mass is 514 g/mol. The van der Waals surface area contributed by atoms with E-state index in [9.17, 15) is 9.59 Å². The van der Waals surface area contributed by atoms with Crippen LogP contribution in [0, 0.1) is 0 Å². The molecule has 1 aromatic heterocycles. The van der Waals surface area contributed by atoms with E-state index in [1.165, 1.54) is 0 Å². The number of pyridine rings is 1. The summed E-state index contributed by atoms with van der Waals surface area (Å²) in [5, 5.41) is 9.81. The van der Waals surface area contributed by atoms with Gasteiger partial charge in [-0.05, 0) is 50.1 Å². The number of hydrogen-bond donors (Lipinski definition) is 5. The predicted molar refractivity (Wildman–Crippen MR) is 133 cm³/mol. The Balaban J connectivity index is 1.37. The van der Waals surface area contributed by atoms with E-state index in [4.69, 9.17) is 4.74 Å². The van der Waals surface area contributed by atoms with Crippen molar-refractivity contribution in [3.05, 3.63) is 59.2 Å². The van der Waals surface area contributed by atoms with Crippen molar-refractivity contribution in [3.8, 4) is 5.75 Å². The molecule has 5 N–H and O–H groups in total. The minimum Gasteiger partial charge on any atom is -0.497 e. The highest BCUT2D eigenvalue weighted by molar-refractivity contribution is 9.10. The fourth-order valence-electron chi connectivity index (χ4n) is 3.23. The van der Waals surface area contributed by atoms with E-state index < -0.39 is 12.1 Å². The van der Waals surface area contributed by atoms with Crippen LogP contribution >= 0.6 is 15.9 Å². The number of anilines is 2. The van der Waals surface area contributed by atoms with Crippen LogP contribution in [0.5, 0.6) is 5.75 Å². The van der Waals surface area contributed by atoms with E-state index in [1.54, 1.807) is 31.5 Å². The minimum atomic E-state index is -0.541.